The van der Waals surface area contributed by atoms with Crippen LogP contribution < -0.4 is 10.2 Å². The molecule has 6 nitrogen and oxygen atoms in total. The van der Waals surface area contributed by atoms with E-state index in [1.165, 1.54) is 11.8 Å². The fourth-order valence-electron chi connectivity index (χ4n) is 2.94. The summed E-state index contributed by atoms with van der Waals surface area (Å²) in [7, 11) is 0. The number of nitrogens with zero attached hydrogens (tertiary/aromatic N) is 1. The molecule has 2 aromatic rings. The largest absolute Gasteiger partial charge is 0.480 e. The monoisotopic (exact) mass is 314 g/mol. The number of aliphatic carboxylic acids is 1. The Balaban J connectivity index is 1.78. The number of anilines is 1. The average Bonchev–Trinajstić information content (AvgIpc) is 3.10. The topological polar surface area (TPSA) is 82.8 Å². The summed E-state index contributed by atoms with van der Waals surface area (Å²) < 4.78 is 5.47. The molecule has 6 heteroatoms. The van der Waals surface area contributed by atoms with Crippen LogP contribution in [0.3, 0.4) is 0 Å². The first-order valence-corrected chi connectivity index (χ1v) is 7.47. The second-order valence-corrected chi connectivity index (χ2v) is 5.64. The van der Waals surface area contributed by atoms with Crippen molar-refractivity contribution in [1.82, 2.24) is 5.32 Å². The van der Waals surface area contributed by atoms with E-state index in [1.807, 2.05) is 12.1 Å². The maximum absolute atomic E-state index is 12.1. The maximum Gasteiger partial charge on any atom is 0.322 e. The van der Waals surface area contributed by atoms with Gasteiger partial charge in [0.1, 0.15) is 12.3 Å². The Labute approximate surface area is 133 Å². The lowest BCUT2D eigenvalue weighted by Gasteiger charge is -2.24. The lowest BCUT2D eigenvalue weighted by molar-refractivity contribution is -0.135. The first-order valence-electron chi connectivity index (χ1n) is 7.47. The number of para-hydroxylation sites is 1. The van der Waals surface area contributed by atoms with E-state index in [4.69, 9.17) is 9.52 Å². The molecule has 0 spiro atoms. The van der Waals surface area contributed by atoms with Crippen molar-refractivity contribution in [2.24, 2.45) is 0 Å². The molecule has 1 aliphatic heterocycles. The molecule has 2 N–H and O–H groups in total. The fourth-order valence-corrected chi connectivity index (χ4v) is 2.94. The fraction of sp³-hybridized carbons (Fsp3) is 0.294. The number of fused-ring (bicyclic) bond motifs is 1. The quantitative estimate of drug-likeness (QED) is 0.882. The van der Waals surface area contributed by atoms with Crippen molar-refractivity contribution in [1.29, 1.82) is 0 Å². The normalized spacial score (nSPS) is 16.2. The molecule has 1 unspecified atom stereocenters. The summed E-state index contributed by atoms with van der Waals surface area (Å²) in [6.45, 7) is 2.19. The molecule has 0 saturated carbocycles. The molecule has 1 atom stereocenters. The summed E-state index contributed by atoms with van der Waals surface area (Å²) in [5.41, 5.74) is 2.81. The second-order valence-electron chi connectivity index (χ2n) is 5.64. The Bertz CT molecular complexity index is 738. The van der Waals surface area contributed by atoms with Gasteiger partial charge >= 0.3 is 5.97 Å². The van der Waals surface area contributed by atoms with Crippen molar-refractivity contribution in [2.45, 2.75) is 25.9 Å². The van der Waals surface area contributed by atoms with E-state index >= 15 is 0 Å². The molecule has 0 fully saturated rings. The minimum absolute atomic E-state index is 0.312. The summed E-state index contributed by atoms with van der Waals surface area (Å²) in [6.07, 6.45) is 2.41. The highest BCUT2D eigenvalue weighted by Crippen LogP contribution is 2.33. The summed E-state index contributed by atoms with van der Waals surface area (Å²) in [6, 6.07) is 10.1. The number of benzene rings is 1. The van der Waals surface area contributed by atoms with Gasteiger partial charge in [-0.2, -0.15) is 0 Å². The zero-order valence-electron chi connectivity index (χ0n) is 12.8. The van der Waals surface area contributed by atoms with Gasteiger partial charge in [0.2, 0.25) is 0 Å². The van der Waals surface area contributed by atoms with Crippen LogP contribution in [0.4, 0.5) is 5.69 Å². The van der Waals surface area contributed by atoms with Gasteiger partial charge in [0.05, 0.1) is 18.4 Å². The minimum atomic E-state index is -1.08. The number of nitrogens with one attached hydrogen (secondary N) is 1. The first kappa shape index (κ1) is 15.1. The lowest BCUT2D eigenvalue weighted by atomic mass is 10.1. The maximum atomic E-state index is 12.1. The van der Waals surface area contributed by atoms with E-state index in [9.17, 15) is 9.59 Å². The molecule has 0 saturated heterocycles. The zero-order valence-corrected chi connectivity index (χ0v) is 12.8. The molecule has 23 heavy (non-hydrogen) atoms. The predicted molar refractivity (Wildman–Crippen MR) is 84.5 cm³/mol. The molecular weight excluding hydrogens is 296 g/mol. The van der Waals surface area contributed by atoms with Crippen LogP contribution in [0.25, 0.3) is 0 Å². The average molecular weight is 314 g/mol. The number of carbonyl (C=O) groups is 2. The van der Waals surface area contributed by atoms with Gasteiger partial charge in [-0.1, -0.05) is 18.2 Å². The number of carboxylic acid groups (broad SMARTS) is 1. The van der Waals surface area contributed by atoms with Gasteiger partial charge in [-0.3, -0.25) is 9.59 Å². The van der Waals surface area contributed by atoms with Gasteiger partial charge in [-0.15, -0.1) is 0 Å². The van der Waals surface area contributed by atoms with E-state index in [0.29, 0.717) is 23.9 Å². The zero-order chi connectivity index (χ0) is 16.4. The van der Waals surface area contributed by atoms with Gasteiger partial charge in [0.25, 0.3) is 5.91 Å². The van der Waals surface area contributed by atoms with Crippen molar-refractivity contribution >= 4 is 17.6 Å². The molecule has 1 aliphatic rings. The minimum Gasteiger partial charge on any atom is -0.480 e. The predicted octanol–water partition coefficient (Wildman–Crippen LogP) is 2.05. The Kier molecular flexibility index (Phi) is 4.06. The Morgan fingerprint density at radius 2 is 2.13 bits per heavy atom. The van der Waals surface area contributed by atoms with E-state index in [1.54, 1.807) is 6.07 Å². The van der Waals surface area contributed by atoms with Crippen molar-refractivity contribution < 1.29 is 19.1 Å². The number of hydrogen-bond acceptors (Lipinski definition) is 4. The Morgan fingerprint density at radius 1 is 1.35 bits per heavy atom. The third-order valence-electron chi connectivity index (χ3n) is 4.05. The number of carbonyl (C=O) groups excluding carboxylic acids is 1. The number of hydrogen-bond donors (Lipinski definition) is 2. The van der Waals surface area contributed by atoms with E-state index in [0.717, 1.165) is 12.1 Å². The highest BCUT2D eigenvalue weighted by atomic mass is 16.4. The van der Waals surface area contributed by atoms with E-state index in [2.05, 4.69) is 29.3 Å². The second kappa shape index (κ2) is 6.16. The van der Waals surface area contributed by atoms with Crippen molar-refractivity contribution in [2.75, 3.05) is 11.4 Å². The summed E-state index contributed by atoms with van der Waals surface area (Å²) in [5.74, 6) is -0.974. The van der Waals surface area contributed by atoms with Gasteiger partial charge in [-0.05, 0) is 31.0 Å². The summed E-state index contributed by atoms with van der Waals surface area (Å²) in [5, 5.41) is 11.0. The number of amides is 1. The Hall–Kier alpha value is -2.76. The SMILES string of the molecule is CC1Cc2ccccc2N1Cc1occc1C(=O)NCC(=O)O. The highest BCUT2D eigenvalue weighted by Gasteiger charge is 2.27. The smallest absolute Gasteiger partial charge is 0.322 e. The third-order valence-corrected chi connectivity index (χ3v) is 4.05. The molecule has 1 aromatic carbocycles. The number of rotatable bonds is 5. The van der Waals surface area contributed by atoms with Crippen LogP contribution in [0.5, 0.6) is 0 Å². The molecule has 2 heterocycles. The molecule has 0 bridgehead atoms. The van der Waals surface area contributed by atoms with Crippen molar-refractivity contribution in [3.05, 3.63) is 53.5 Å². The van der Waals surface area contributed by atoms with Crippen LogP contribution in [0.15, 0.2) is 41.0 Å². The third kappa shape index (κ3) is 3.06. The van der Waals surface area contributed by atoms with Crippen LogP contribution in [0.1, 0.15) is 28.6 Å². The van der Waals surface area contributed by atoms with E-state index in [-0.39, 0.29) is 0 Å². The van der Waals surface area contributed by atoms with Crippen LogP contribution in [-0.4, -0.2) is 29.6 Å². The van der Waals surface area contributed by atoms with Crippen molar-refractivity contribution in [3.8, 4) is 0 Å². The summed E-state index contributed by atoms with van der Waals surface area (Å²) >= 11 is 0. The van der Waals surface area contributed by atoms with Gasteiger partial charge in [-0.25, -0.2) is 0 Å². The standard InChI is InChI=1S/C17H18N2O4/c1-11-8-12-4-2-3-5-14(12)19(11)10-15-13(6-7-23-15)17(22)18-9-16(20)21/h2-7,11H,8-10H2,1H3,(H,18,22)(H,20,21). The van der Waals surface area contributed by atoms with Crippen LogP contribution >= 0.6 is 0 Å². The summed E-state index contributed by atoms with van der Waals surface area (Å²) in [4.78, 5) is 24.8. The van der Waals surface area contributed by atoms with Gasteiger partial charge in [0, 0.05) is 11.7 Å². The van der Waals surface area contributed by atoms with Crippen LogP contribution in [0, 0.1) is 0 Å². The van der Waals surface area contributed by atoms with Crippen molar-refractivity contribution in [3.63, 3.8) is 0 Å². The first-order chi connectivity index (χ1) is 11.1. The lowest BCUT2D eigenvalue weighted by Crippen LogP contribution is -2.32. The van der Waals surface area contributed by atoms with E-state index < -0.39 is 18.4 Å². The highest BCUT2D eigenvalue weighted by molar-refractivity contribution is 5.96. The molecule has 120 valence electrons. The van der Waals surface area contributed by atoms with Gasteiger partial charge < -0.3 is 19.7 Å². The molecule has 0 radical (unpaired) electrons. The molecule has 0 aliphatic carbocycles. The molecule has 1 aromatic heterocycles. The number of furan rings is 1. The van der Waals surface area contributed by atoms with Gasteiger partial charge in [0.15, 0.2) is 0 Å². The number of carboxylic acids is 1. The molecular formula is C17H18N2O4. The molecule has 1 amide bonds. The van der Waals surface area contributed by atoms with Crippen LogP contribution in [0.2, 0.25) is 0 Å². The Morgan fingerprint density at radius 3 is 2.91 bits per heavy atom. The molecule has 3 rings (SSSR count). The van der Waals surface area contributed by atoms with Crippen LogP contribution in [-0.2, 0) is 17.8 Å².